The maximum absolute atomic E-state index is 5.82. The monoisotopic (exact) mass is 218 g/mol. The van der Waals surface area contributed by atoms with Crippen LogP contribution < -0.4 is 5.32 Å². The minimum absolute atomic E-state index is 0.234. The van der Waals surface area contributed by atoms with E-state index in [4.69, 9.17) is 11.6 Å². The highest BCUT2D eigenvalue weighted by Gasteiger charge is 2.00. The summed E-state index contributed by atoms with van der Waals surface area (Å²) in [4.78, 5) is 4.39. The van der Waals surface area contributed by atoms with Crippen LogP contribution in [-0.4, -0.2) is 16.9 Å². The van der Waals surface area contributed by atoms with E-state index in [0.717, 1.165) is 30.2 Å². The number of thiazole rings is 1. The Kier molecular flexibility index (Phi) is 4.53. The van der Waals surface area contributed by atoms with E-state index in [-0.39, 0.29) is 5.38 Å². The lowest BCUT2D eigenvalue weighted by Crippen LogP contribution is -2.05. The Labute approximate surface area is 88.3 Å². The predicted molar refractivity (Wildman–Crippen MR) is 59.9 cm³/mol. The lowest BCUT2D eigenvalue weighted by Gasteiger charge is -2.03. The van der Waals surface area contributed by atoms with Gasteiger partial charge in [0.2, 0.25) is 0 Å². The molecule has 0 spiro atoms. The molecule has 1 heterocycles. The molecule has 74 valence electrons. The summed E-state index contributed by atoms with van der Waals surface area (Å²) in [5, 5.41) is 6.59. The van der Waals surface area contributed by atoms with E-state index in [9.17, 15) is 0 Å². The first kappa shape index (κ1) is 10.8. The van der Waals surface area contributed by atoms with Gasteiger partial charge >= 0.3 is 0 Å². The van der Waals surface area contributed by atoms with Crippen molar-refractivity contribution in [1.29, 1.82) is 0 Å². The summed E-state index contributed by atoms with van der Waals surface area (Å²) >= 11 is 7.48. The molecule has 2 nitrogen and oxygen atoms in total. The van der Waals surface area contributed by atoms with Gasteiger partial charge < -0.3 is 5.32 Å². The Hall–Kier alpha value is -0.280. The molecule has 4 heteroatoms. The maximum Gasteiger partial charge on any atom is 0.182 e. The second kappa shape index (κ2) is 5.45. The van der Waals surface area contributed by atoms with Crippen molar-refractivity contribution in [1.82, 2.24) is 4.98 Å². The molecular formula is C9H15ClN2S. The van der Waals surface area contributed by atoms with Crippen LogP contribution in [0.3, 0.4) is 0 Å². The van der Waals surface area contributed by atoms with Gasteiger partial charge in [0.1, 0.15) is 0 Å². The van der Waals surface area contributed by atoms with Crippen LogP contribution in [-0.2, 0) is 6.42 Å². The first-order chi connectivity index (χ1) is 6.22. The first-order valence-electron chi connectivity index (χ1n) is 4.54. The lowest BCUT2D eigenvalue weighted by atomic mass is 10.3. The van der Waals surface area contributed by atoms with Gasteiger partial charge in [-0.05, 0) is 19.8 Å². The fourth-order valence-electron chi connectivity index (χ4n) is 0.929. The van der Waals surface area contributed by atoms with E-state index in [2.05, 4.69) is 22.6 Å². The van der Waals surface area contributed by atoms with Gasteiger partial charge in [-0.2, -0.15) is 0 Å². The minimum atomic E-state index is 0.234. The Bertz CT molecular complexity index is 248. The van der Waals surface area contributed by atoms with E-state index < -0.39 is 0 Å². The molecule has 0 saturated heterocycles. The van der Waals surface area contributed by atoms with Gasteiger partial charge in [0.15, 0.2) is 5.13 Å². The highest BCUT2D eigenvalue weighted by molar-refractivity contribution is 7.13. The van der Waals surface area contributed by atoms with Gasteiger partial charge in [0, 0.05) is 17.3 Å². The molecule has 13 heavy (non-hydrogen) atoms. The van der Waals surface area contributed by atoms with Crippen LogP contribution in [0.25, 0.3) is 0 Å². The summed E-state index contributed by atoms with van der Waals surface area (Å²) in [6.07, 6.45) is 1.98. The summed E-state index contributed by atoms with van der Waals surface area (Å²) in [7, 11) is 0. The van der Waals surface area contributed by atoms with Crippen molar-refractivity contribution in [3.8, 4) is 0 Å². The van der Waals surface area contributed by atoms with E-state index in [1.807, 2.05) is 6.92 Å². The Balaban J connectivity index is 2.28. The zero-order valence-corrected chi connectivity index (χ0v) is 9.58. The van der Waals surface area contributed by atoms with Gasteiger partial charge in [-0.15, -0.1) is 22.9 Å². The molecule has 1 unspecified atom stereocenters. The SMILES string of the molecule is CCc1csc(NCCC(C)Cl)n1. The molecule has 1 rings (SSSR count). The van der Waals surface area contributed by atoms with E-state index in [0.29, 0.717) is 0 Å². The summed E-state index contributed by atoms with van der Waals surface area (Å²) in [5.41, 5.74) is 1.16. The Morgan fingerprint density at radius 2 is 2.46 bits per heavy atom. The van der Waals surface area contributed by atoms with Gasteiger partial charge in [-0.1, -0.05) is 6.92 Å². The number of aromatic nitrogens is 1. The van der Waals surface area contributed by atoms with Crippen molar-refractivity contribution in [2.45, 2.75) is 32.1 Å². The quantitative estimate of drug-likeness (QED) is 0.769. The van der Waals surface area contributed by atoms with Crippen LogP contribution in [0.15, 0.2) is 5.38 Å². The van der Waals surface area contributed by atoms with Crippen molar-refractivity contribution in [3.63, 3.8) is 0 Å². The zero-order valence-electron chi connectivity index (χ0n) is 8.01. The number of nitrogens with zero attached hydrogens (tertiary/aromatic N) is 1. The van der Waals surface area contributed by atoms with Gasteiger partial charge in [-0.3, -0.25) is 0 Å². The van der Waals surface area contributed by atoms with Crippen LogP contribution in [0.1, 0.15) is 26.0 Å². The van der Waals surface area contributed by atoms with Crippen molar-refractivity contribution < 1.29 is 0 Å². The molecule has 0 radical (unpaired) electrons. The molecule has 1 aromatic heterocycles. The third-order valence-electron chi connectivity index (χ3n) is 1.73. The van der Waals surface area contributed by atoms with Crippen LogP contribution in [0.5, 0.6) is 0 Å². The second-order valence-electron chi connectivity index (χ2n) is 2.99. The van der Waals surface area contributed by atoms with Gasteiger partial charge in [-0.25, -0.2) is 4.98 Å². The van der Waals surface area contributed by atoms with E-state index in [1.54, 1.807) is 11.3 Å². The lowest BCUT2D eigenvalue weighted by molar-refractivity contribution is 0.841. The zero-order chi connectivity index (χ0) is 9.68. The number of hydrogen-bond donors (Lipinski definition) is 1. The van der Waals surface area contributed by atoms with Crippen molar-refractivity contribution in [2.75, 3.05) is 11.9 Å². The normalized spacial score (nSPS) is 12.8. The van der Waals surface area contributed by atoms with Crippen molar-refractivity contribution >= 4 is 28.1 Å². The molecular weight excluding hydrogens is 204 g/mol. The van der Waals surface area contributed by atoms with Crippen LogP contribution in [0, 0.1) is 0 Å². The summed E-state index contributed by atoms with van der Waals surface area (Å²) < 4.78 is 0. The van der Waals surface area contributed by atoms with Crippen LogP contribution >= 0.6 is 22.9 Å². The number of rotatable bonds is 5. The number of alkyl halides is 1. The molecule has 0 saturated carbocycles. The van der Waals surface area contributed by atoms with Crippen LogP contribution in [0.2, 0.25) is 0 Å². The fourth-order valence-corrected chi connectivity index (χ4v) is 1.86. The van der Waals surface area contributed by atoms with Gasteiger partial charge in [0.25, 0.3) is 0 Å². The van der Waals surface area contributed by atoms with Crippen LogP contribution in [0.4, 0.5) is 5.13 Å². The largest absolute Gasteiger partial charge is 0.361 e. The molecule has 0 bridgehead atoms. The predicted octanol–water partition coefficient (Wildman–Crippen LogP) is 3.13. The molecule has 0 aliphatic rings. The topological polar surface area (TPSA) is 24.9 Å². The number of halogens is 1. The van der Waals surface area contributed by atoms with Gasteiger partial charge in [0.05, 0.1) is 5.69 Å². The fraction of sp³-hybridized carbons (Fsp3) is 0.667. The first-order valence-corrected chi connectivity index (χ1v) is 5.86. The average molecular weight is 219 g/mol. The minimum Gasteiger partial charge on any atom is -0.361 e. The Morgan fingerprint density at radius 1 is 1.69 bits per heavy atom. The molecule has 0 aliphatic heterocycles. The maximum atomic E-state index is 5.82. The number of aryl methyl sites for hydroxylation is 1. The van der Waals surface area contributed by atoms with E-state index in [1.165, 1.54) is 0 Å². The molecule has 0 fully saturated rings. The number of nitrogens with one attached hydrogen (secondary N) is 1. The molecule has 0 aromatic carbocycles. The average Bonchev–Trinajstić information content (AvgIpc) is 2.52. The molecule has 0 amide bonds. The smallest absolute Gasteiger partial charge is 0.182 e. The summed E-state index contributed by atoms with van der Waals surface area (Å²) in [6, 6.07) is 0. The third-order valence-corrected chi connectivity index (χ3v) is 2.80. The van der Waals surface area contributed by atoms with Crippen molar-refractivity contribution in [3.05, 3.63) is 11.1 Å². The van der Waals surface area contributed by atoms with Crippen molar-refractivity contribution in [2.24, 2.45) is 0 Å². The summed E-state index contributed by atoms with van der Waals surface area (Å²) in [5.74, 6) is 0. The van der Waals surface area contributed by atoms with E-state index >= 15 is 0 Å². The molecule has 0 aliphatic carbocycles. The highest BCUT2D eigenvalue weighted by atomic mass is 35.5. The molecule has 1 atom stereocenters. The number of hydrogen-bond acceptors (Lipinski definition) is 3. The standard InChI is InChI=1S/C9H15ClN2S/c1-3-8-6-13-9(12-8)11-5-4-7(2)10/h6-7H,3-5H2,1-2H3,(H,11,12). The Morgan fingerprint density at radius 3 is 3.00 bits per heavy atom. The molecule has 1 aromatic rings. The number of anilines is 1. The highest BCUT2D eigenvalue weighted by Crippen LogP contribution is 2.15. The summed E-state index contributed by atoms with van der Waals surface area (Å²) in [6.45, 7) is 5.02. The third kappa shape index (κ3) is 3.96. The molecule has 1 N–H and O–H groups in total. The second-order valence-corrected chi connectivity index (χ2v) is 4.60.